The summed E-state index contributed by atoms with van der Waals surface area (Å²) in [7, 11) is 0. The second kappa shape index (κ2) is 7.21. The fourth-order valence-electron chi connectivity index (χ4n) is 2.71. The summed E-state index contributed by atoms with van der Waals surface area (Å²) in [6, 6.07) is 12.7. The molecule has 3 aromatic rings. The number of hydrogen-bond acceptors (Lipinski definition) is 4. The lowest BCUT2D eigenvalue weighted by Gasteiger charge is -2.12. The van der Waals surface area contributed by atoms with Crippen molar-refractivity contribution in [3.63, 3.8) is 0 Å². The molecule has 1 aliphatic rings. The summed E-state index contributed by atoms with van der Waals surface area (Å²) in [5, 5.41) is 7.22. The average molecular weight is 414 g/mol. The Labute approximate surface area is 158 Å². The number of ether oxygens (including phenoxy) is 2. The van der Waals surface area contributed by atoms with Crippen LogP contribution < -0.4 is 14.8 Å². The number of benzene rings is 2. The van der Waals surface area contributed by atoms with Crippen LogP contribution in [-0.2, 0) is 0 Å². The number of fused-ring (bicyclic) bond motifs is 1. The number of aromatic nitrogens is 2. The Kier molecular flexibility index (Phi) is 4.62. The number of nitrogens with one attached hydrogen (secondary N) is 1. The molecular weight excluding hydrogens is 398 g/mol. The van der Waals surface area contributed by atoms with E-state index < -0.39 is 0 Å². The second-order valence-electron chi connectivity index (χ2n) is 5.79. The second-order valence-corrected chi connectivity index (χ2v) is 6.70. The van der Waals surface area contributed by atoms with Gasteiger partial charge in [-0.25, -0.2) is 4.68 Å². The Morgan fingerprint density at radius 3 is 2.73 bits per heavy atom. The van der Waals surface area contributed by atoms with Crippen LogP contribution in [0, 0.1) is 0 Å². The molecule has 2 heterocycles. The lowest BCUT2D eigenvalue weighted by Crippen LogP contribution is -2.14. The number of anilines is 1. The number of nitrogens with zero attached hydrogens (tertiary/aromatic N) is 2. The first kappa shape index (κ1) is 16.7. The monoisotopic (exact) mass is 413 g/mol. The summed E-state index contributed by atoms with van der Waals surface area (Å²) in [4.78, 5) is 12.7. The van der Waals surface area contributed by atoms with Gasteiger partial charge in [-0.1, -0.05) is 12.1 Å². The minimum absolute atomic E-state index is 0.223. The van der Waals surface area contributed by atoms with Gasteiger partial charge < -0.3 is 14.8 Å². The number of hydrogen-bond donors (Lipinski definition) is 1. The molecule has 6 nitrogen and oxygen atoms in total. The van der Waals surface area contributed by atoms with Crippen molar-refractivity contribution in [3.8, 4) is 17.2 Å². The Hall–Kier alpha value is -2.80. The molecule has 1 N–H and O–H groups in total. The Morgan fingerprint density at radius 2 is 1.92 bits per heavy atom. The number of amides is 1. The maximum atomic E-state index is 12.7. The van der Waals surface area contributed by atoms with Crippen molar-refractivity contribution in [3.05, 3.63) is 64.9 Å². The van der Waals surface area contributed by atoms with Crippen molar-refractivity contribution in [1.82, 2.24) is 9.78 Å². The molecule has 0 radical (unpaired) electrons. The zero-order chi connectivity index (χ0) is 17.9. The molecule has 26 heavy (non-hydrogen) atoms. The Bertz CT molecular complexity index is 955. The van der Waals surface area contributed by atoms with Gasteiger partial charge in [-0.05, 0) is 46.3 Å². The van der Waals surface area contributed by atoms with Crippen LogP contribution in [0.3, 0.4) is 0 Å². The van der Waals surface area contributed by atoms with Gasteiger partial charge in [-0.2, -0.15) is 5.10 Å². The molecule has 0 unspecified atom stereocenters. The highest BCUT2D eigenvalue weighted by Crippen LogP contribution is 2.31. The van der Waals surface area contributed by atoms with Crippen LogP contribution in [0.25, 0.3) is 5.69 Å². The third kappa shape index (κ3) is 3.43. The first-order valence-corrected chi connectivity index (χ1v) is 9.00. The molecule has 0 saturated carbocycles. The number of halogens is 1. The zero-order valence-corrected chi connectivity index (χ0v) is 15.4. The highest BCUT2D eigenvalue weighted by atomic mass is 79.9. The van der Waals surface area contributed by atoms with E-state index in [9.17, 15) is 4.79 Å². The third-order valence-corrected chi connectivity index (χ3v) is 4.37. The lowest BCUT2D eigenvalue weighted by molar-refractivity contribution is 0.102. The highest BCUT2D eigenvalue weighted by molar-refractivity contribution is 9.10. The minimum atomic E-state index is -0.223. The third-order valence-electron chi connectivity index (χ3n) is 3.96. The molecule has 0 spiro atoms. The van der Waals surface area contributed by atoms with E-state index in [4.69, 9.17) is 9.47 Å². The predicted molar refractivity (Wildman–Crippen MR) is 101 cm³/mol. The molecule has 1 aliphatic heterocycles. The van der Waals surface area contributed by atoms with Gasteiger partial charge in [0.1, 0.15) is 0 Å². The predicted octanol–water partition coefficient (Wildman–Crippen LogP) is 4.05. The van der Waals surface area contributed by atoms with Gasteiger partial charge in [0, 0.05) is 18.2 Å². The number of carbonyl (C=O) groups excluding carboxylic acids is 1. The largest absolute Gasteiger partial charge is 0.490 e. The first-order valence-electron chi connectivity index (χ1n) is 8.21. The summed E-state index contributed by atoms with van der Waals surface area (Å²) < 4.78 is 13.8. The molecule has 1 amide bonds. The van der Waals surface area contributed by atoms with Crippen LogP contribution in [0.1, 0.15) is 16.8 Å². The van der Waals surface area contributed by atoms with Gasteiger partial charge >= 0.3 is 0 Å². The molecule has 0 bridgehead atoms. The highest BCUT2D eigenvalue weighted by Gasteiger charge is 2.15. The van der Waals surface area contributed by atoms with Crippen LogP contribution in [0.2, 0.25) is 0 Å². The van der Waals surface area contributed by atoms with Gasteiger partial charge in [0.05, 0.1) is 35.3 Å². The molecule has 132 valence electrons. The number of carbonyl (C=O) groups is 1. The van der Waals surface area contributed by atoms with E-state index in [1.807, 2.05) is 30.5 Å². The Balaban J connectivity index is 1.60. The van der Waals surface area contributed by atoms with Crippen molar-refractivity contribution < 1.29 is 14.3 Å². The Morgan fingerprint density at radius 1 is 1.12 bits per heavy atom. The van der Waals surface area contributed by atoms with Gasteiger partial charge in [-0.3, -0.25) is 4.79 Å². The van der Waals surface area contributed by atoms with Crippen LogP contribution >= 0.6 is 15.9 Å². The van der Waals surface area contributed by atoms with E-state index in [0.29, 0.717) is 36.0 Å². The molecule has 7 heteroatoms. The summed E-state index contributed by atoms with van der Waals surface area (Å²) >= 11 is 3.39. The van der Waals surface area contributed by atoms with Gasteiger partial charge in [0.15, 0.2) is 11.5 Å². The summed E-state index contributed by atoms with van der Waals surface area (Å²) in [6.45, 7) is 1.19. The lowest BCUT2D eigenvalue weighted by atomic mass is 10.1. The summed E-state index contributed by atoms with van der Waals surface area (Å²) in [5.74, 6) is 1.04. The van der Waals surface area contributed by atoms with E-state index in [1.54, 1.807) is 29.1 Å². The van der Waals surface area contributed by atoms with Crippen LogP contribution in [-0.4, -0.2) is 28.9 Å². The van der Waals surface area contributed by atoms with E-state index >= 15 is 0 Å². The summed E-state index contributed by atoms with van der Waals surface area (Å²) in [6.07, 6.45) is 4.35. The number of para-hydroxylation sites is 2. The molecule has 1 aromatic heterocycles. The summed E-state index contributed by atoms with van der Waals surface area (Å²) in [5.41, 5.74) is 1.95. The standard InChI is InChI=1S/C19H16BrN3O3/c20-14-11-21-23(12-14)16-5-2-1-4-15(16)22-19(24)13-6-7-17-18(10-13)26-9-3-8-25-17/h1-2,4-7,10-12H,3,8-9H2,(H,22,24). The molecule has 4 rings (SSSR count). The normalized spacial score (nSPS) is 13.1. The molecule has 0 aliphatic carbocycles. The van der Waals surface area contributed by atoms with Crippen molar-refractivity contribution in [2.75, 3.05) is 18.5 Å². The molecule has 0 saturated heterocycles. The quantitative estimate of drug-likeness (QED) is 0.703. The zero-order valence-electron chi connectivity index (χ0n) is 13.8. The van der Waals surface area contributed by atoms with E-state index in [1.165, 1.54) is 0 Å². The van der Waals surface area contributed by atoms with Gasteiger partial charge in [0.25, 0.3) is 5.91 Å². The molecule has 0 fully saturated rings. The van der Waals surface area contributed by atoms with Gasteiger partial charge in [-0.15, -0.1) is 0 Å². The fourth-order valence-corrected chi connectivity index (χ4v) is 3.00. The van der Waals surface area contributed by atoms with Crippen LogP contribution in [0.5, 0.6) is 11.5 Å². The number of rotatable bonds is 3. The average Bonchev–Trinajstić information content (AvgIpc) is 2.95. The van der Waals surface area contributed by atoms with Crippen molar-refractivity contribution in [2.45, 2.75) is 6.42 Å². The van der Waals surface area contributed by atoms with E-state index in [0.717, 1.165) is 16.6 Å². The van der Waals surface area contributed by atoms with Crippen molar-refractivity contribution >= 4 is 27.5 Å². The molecular formula is C19H16BrN3O3. The van der Waals surface area contributed by atoms with Crippen LogP contribution in [0.4, 0.5) is 5.69 Å². The van der Waals surface area contributed by atoms with Crippen molar-refractivity contribution in [1.29, 1.82) is 0 Å². The molecule has 0 atom stereocenters. The van der Waals surface area contributed by atoms with E-state index in [2.05, 4.69) is 26.3 Å². The first-order chi connectivity index (χ1) is 12.7. The van der Waals surface area contributed by atoms with Crippen LogP contribution in [0.15, 0.2) is 59.3 Å². The maximum Gasteiger partial charge on any atom is 0.255 e. The topological polar surface area (TPSA) is 65.4 Å². The molecule has 2 aromatic carbocycles. The SMILES string of the molecule is O=C(Nc1ccccc1-n1cc(Br)cn1)c1ccc2c(c1)OCCCO2. The fraction of sp³-hybridized carbons (Fsp3) is 0.158. The van der Waals surface area contributed by atoms with Crippen molar-refractivity contribution in [2.24, 2.45) is 0 Å². The van der Waals surface area contributed by atoms with E-state index in [-0.39, 0.29) is 5.91 Å². The van der Waals surface area contributed by atoms with Gasteiger partial charge in [0.2, 0.25) is 0 Å². The smallest absolute Gasteiger partial charge is 0.255 e. The maximum absolute atomic E-state index is 12.7. The minimum Gasteiger partial charge on any atom is -0.490 e.